The third-order valence-electron chi connectivity index (χ3n) is 4.94. The van der Waals surface area contributed by atoms with Crippen LogP contribution in [0.25, 0.3) is 0 Å². The third kappa shape index (κ3) is 4.30. The van der Waals surface area contributed by atoms with Crippen molar-refractivity contribution < 1.29 is 19.5 Å². The number of hydrogen-bond donors (Lipinski definition) is 1. The van der Waals surface area contributed by atoms with Crippen LogP contribution in [0, 0.1) is 20.2 Å². The maximum atomic E-state index is 13.6. The minimum atomic E-state index is -3.08. The normalized spacial score (nSPS) is 13.4. The molecule has 0 aromatic heterocycles. The monoisotopic (exact) mass is 426 g/mol. The second-order valence-corrected chi connectivity index (χ2v) is 10.1. The van der Waals surface area contributed by atoms with Gasteiger partial charge in [-0.3, -0.25) is 20.2 Å². The van der Waals surface area contributed by atoms with E-state index in [-0.39, 0.29) is 17.5 Å². The van der Waals surface area contributed by atoms with Gasteiger partial charge in [0.25, 0.3) is 11.4 Å². The Balaban J connectivity index is 2.11. The molecule has 0 amide bonds. The number of aliphatic hydroxyl groups is 1. The van der Waals surface area contributed by atoms with Gasteiger partial charge in [0.05, 0.1) is 9.85 Å². The lowest BCUT2D eigenvalue weighted by molar-refractivity contribution is -0.385. The molecule has 0 spiro atoms. The molecule has 9 heteroatoms. The van der Waals surface area contributed by atoms with E-state index in [4.69, 9.17) is 0 Å². The summed E-state index contributed by atoms with van der Waals surface area (Å²) in [7, 11) is -3.08. The van der Waals surface area contributed by atoms with Crippen LogP contribution in [0.15, 0.2) is 78.9 Å². The Hall–Kier alpha value is -3.35. The van der Waals surface area contributed by atoms with Crippen LogP contribution < -0.4 is 5.30 Å². The summed E-state index contributed by atoms with van der Waals surface area (Å²) in [6.07, 6.45) is -0.181. The highest BCUT2D eigenvalue weighted by molar-refractivity contribution is 7.70. The molecule has 3 aromatic rings. The summed E-state index contributed by atoms with van der Waals surface area (Å²) in [4.78, 5) is 20.9. The summed E-state index contributed by atoms with van der Waals surface area (Å²) < 4.78 is 13.6. The van der Waals surface area contributed by atoms with Crippen molar-refractivity contribution in [2.24, 2.45) is 0 Å². The van der Waals surface area contributed by atoms with E-state index in [2.05, 4.69) is 0 Å². The van der Waals surface area contributed by atoms with Gasteiger partial charge in [-0.1, -0.05) is 30.3 Å². The zero-order valence-electron chi connectivity index (χ0n) is 16.0. The molecule has 0 radical (unpaired) electrons. The molecule has 8 nitrogen and oxygen atoms in total. The molecule has 0 aliphatic carbocycles. The minimum absolute atomic E-state index is 0.146. The maximum Gasteiger partial charge on any atom is 0.269 e. The van der Waals surface area contributed by atoms with Gasteiger partial charge in [0.1, 0.15) is 12.7 Å². The lowest BCUT2D eigenvalue weighted by Gasteiger charge is -2.32. The van der Waals surface area contributed by atoms with Crippen LogP contribution in [0.2, 0.25) is 0 Å². The van der Waals surface area contributed by atoms with Crippen LogP contribution in [0.3, 0.4) is 0 Å². The van der Waals surface area contributed by atoms with Gasteiger partial charge < -0.3 is 9.67 Å². The molecule has 154 valence electrons. The van der Waals surface area contributed by atoms with E-state index >= 15 is 0 Å². The summed E-state index contributed by atoms with van der Waals surface area (Å²) in [6, 6.07) is 19.4. The highest BCUT2D eigenvalue weighted by Gasteiger charge is 2.39. The molecule has 0 saturated carbocycles. The molecule has 0 aliphatic rings. The molecule has 30 heavy (non-hydrogen) atoms. The van der Waals surface area contributed by atoms with Gasteiger partial charge in [-0.05, 0) is 42.1 Å². The van der Waals surface area contributed by atoms with Crippen molar-refractivity contribution in [3.05, 3.63) is 110 Å². The SMILES string of the molecule is CP(=O)(CC(O)(c1ccc([N+](=O)[O-])cc1)c1ccc([N+](=O)[O-])cc1)c1ccccc1. The van der Waals surface area contributed by atoms with Crippen LogP contribution in [-0.4, -0.2) is 27.8 Å². The van der Waals surface area contributed by atoms with Crippen molar-refractivity contribution in [2.75, 3.05) is 12.8 Å². The Morgan fingerprint density at radius 3 is 1.57 bits per heavy atom. The molecule has 0 aliphatic heterocycles. The molecule has 1 atom stereocenters. The highest BCUT2D eigenvalue weighted by Crippen LogP contribution is 2.48. The standard InChI is InChI=1S/C21H19N2O6P/c1-30(29,20-5-3-2-4-6-20)15-21(24,16-7-11-18(12-8-16)22(25)26)17-9-13-19(14-10-17)23(27)28/h2-14,24H,15H2,1H3. The van der Waals surface area contributed by atoms with Gasteiger partial charge in [-0.25, -0.2) is 0 Å². The number of nitro benzene ring substituents is 2. The topological polar surface area (TPSA) is 124 Å². The molecule has 0 bridgehead atoms. The smallest absolute Gasteiger partial charge is 0.269 e. The zero-order valence-corrected chi connectivity index (χ0v) is 16.9. The van der Waals surface area contributed by atoms with Crippen molar-refractivity contribution >= 4 is 23.8 Å². The first-order chi connectivity index (χ1) is 14.1. The average Bonchev–Trinajstić information content (AvgIpc) is 2.74. The molecule has 1 N–H and O–H groups in total. The number of nitrogens with zero attached hydrogens (tertiary/aromatic N) is 2. The number of rotatable bonds is 7. The second-order valence-electron chi connectivity index (χ2n) is 7.06. The van der Waals surface area contributed by atoms with Crippen molar-refractivity contribution in [1.82, 2.24) is 0 Å². The predicted octanol–water partition coefficient (Wildman–Crippen LogP) is 4.06. The predicted molar refractivity (Wildman–Crippen MR) is 114 cm³/mol. The summed E-state index contributed by atoms with van der Waals surface area (Å²) in [6.45, 7) is 1.56. The molecule has 0 saturated heterocycles. The van der Waals surface area contributed by atoms with E-state index in [0.29, 0.717) is 16.4 Å². The van der Waals surface area contributed by atoms with Crippen molar-refractivity contribution in [3.63, 3.8) is 0 Å². The van der Waals surface area contributed by atoms with Crippen LogP contribution in [0.4, 0.5) is 11.4 Å². The Morgan fingerprint density at radius 1 is 0.800 bits per heavy atom. The fourth-order valence-corrected chi connectivity index (χ4v) is 5.56. The maximum absolute atomic E-state index is 13.6. The van der Waals surface area contributed by atoms with E-state index < -0.39 is 22.6 Å². The van der Waals surface area contributed by atoms with Crippen molar-refractivity contribution in [1.29, 1.82) is 0 Å². The van der Waals surface area contributed by atoms with E-state index in [1.165, 1.54) is 48.5 Å². The number of hydrogen-bond acceptors (Lipinski definition) is 6. The Bertz CT molecular complexity index is 1060. The largest absolute Gasteiger partial charge is 0.380 e. The van der Waals surface area contributed by atoms with Gasteiger partial charge in [0.2, 0.25) is 0 Å². The van der Waals surface area contributed by atoms with E-state index in [1.54, 1.807) is 37.0 Å². The fourth-order valence-electron chi connectivity index (χ4n) is 3.34. The fraction of sp³-hybridized carbons (Fsp3) is 0.143. The van der Waals surface area contributed by atoms with Gasteiger partial charge in [0, 0.05) is 35.7 Å². The molecule has 3 rings (SSSR count). The second kappa shape index (κ2) is 8.18. The van der Waals surface area contributed by atoms with Crippen molar-refractivity contribution in [3.8, 4) is 0 Å². The number of benzene rings is 3. The molecule has 1 unspecified atom stereocenters. The first kappa shape index (κ1) is 21.4. The lowest BCUT2D eigenvalue weighted by atomic mass is 9.88. The first-order valence-corrected chi connectivity index (χ1v) is 11.3. The molecule has 3 aromatic carbocycles. The van der Waals surface area contributed by atoms with Crippen LogP contribution in [0.5, 0.6) is 0 Å². The molecular weight excluding hydrogens is 407 g/mol. The zero-order chi connectivity index (χ0) is 21.9. The van der Waals surface area contributed by atoms with Gasteiger partial charge in [-0.15, -0.1) is 0 Å². The van der Waals surface area contributed by atoms with E-state index in [9.17, 15) is 29.9 Å². The van der Waals surface area contributed by atoms with E-state index in [0.717, 1.165) is 0 Å². The van der Waals surface area contributed by atoms with Crippen LogP contribution in [-0.2, 0) is 10.2 Å². The van der Waals surface area contributed by atoms with Crippen LogP contribution in [0.1, 0.15) is 11.1 Å². The Labute approximate surface area is 172 Å². The molecular formula is C21H19N2O6P. The summed E-state index contributed by atoms with van der Waals surface area (Å²) in [5, 5.41) is 34.2. The van der Waals surface area contributed by atoms with Crippen molar-refractivity contribution in [2.45, 2.75) is 5.60 Å². The molecule has 0 fully saturated rings. The summed E-state index contributed by atoms with van der Waals surface area (Å²) >= 11 is 0. The van der Waals surface area contributed by atoms with Gasteiger partial charge >= 0.3 is 0 Å². The minimum Gasteiger partial charge on any atom is -0.380 e. The Kier molecular flexibility index (Phi) is 5.82. The van der Waals surface area contributed by atoms with Gasteiger partial charge in [0.15, 0.2) is 0 Å². The number of nitro groups is 2. The highest BCUT2D eigenvalue weighted by atomic mass is 31.2. The van der Waals surface area contributed by atoms with E-state index in [1.807, 2.05) is 0 Å². The quantitative estimate of drug-likeness (QED) is 0.345. The number of non-ortho nitro benzene ring substituents is 2. The Morgan fingerprint density at radius 2 is 1.20 bits per heavy atom. The summed E-state index contributed by atoms with van der Waals surface area (Å²) in [5.41, 5.74) is -1.45. The first-order valence-electron chi connectivity index (χ1n) is 8.98. The summed E-state index contributed by atoms with van der Waals surface area (Å²) in [5.74, 6) is 0. The lowest BCUT2D eigenvalue weighted by Crippen LogP contribution is -2.33. The average molecular weight is 426 g/mol. The third-order valence-corrected chi connectivity index (χ3v) is 7.40. The molecule has 0 heterocycles. The van der Waals surface area contributed by atoms with Crippen LogP contribution >= 0.6 is 7.14 Å². The van der Waals surface area contributed by atoms with Gasteiger partial charge in [-0.2, -0.15) is 0 Å².